The number of rotatable bonds is 5. The largest absolute Gasteiger partial charge is 0.354 e. The molecule has 16 heavy (non-hydrogen) atoms. The van der Waals surface area contributed by atoms with Crippen molar-refractivity contribution in [1.29, 1.82) is 0 Å². The second-order valence-electron chi connectivity index (χ2n) is 4.31. The van der Waals surface area contributed by atoms with Crippen molar-refractivity contribution in [3.8, 4) is 0 Å². The molecule has 0 fully saturated rings. The molecule has 3 nitrogen and oxygen atoms in total. The second kappa shape index (κ2) is 5.85. The fourth-order valence-electron chi connectivity index (χ4n) is 1.90. The van der Waals surface area contributed by atoms with Gasteiger partial charge in [0.2, 0.25) is 0 Å². The number of nitrogens with zero attached hydrogens (tertiary/aromatic N) is 2. The zero-order valence-corrected chi connectivity index (χ0v) is 11.0. The van der Waals surface area contributed by atoms with Crippen LogP contribution in [0.1, 0.15) is 39.3 Å². The number of pyridine rings is 1. The lowest BCUT2D eigenvalue weighted by molar-refractivity contribution is 0.630. The van der Waals surface area contributed by atoms with Crippen LogP contribution in [0.25, 0.3) is 0 Å². The number of nitrogens with one attached hydrogen (secondary N) is 1. The van der Waals surface area contributed by atoms with Crippen LogP contribution in [0.4, 0.5) is 5.82 Å². The minimum absolute atomic E-state index is 0.330. The third-order valence-electron chi connectivity index (χ3n) is 2.95. The maximum Gasteiger partial charge on any atom is 0.133 e. The number of aromatic nitrogens is 1. The number of hydrogen-bond acceptors (Lipinski definition) is 3. The zero-order chi connectivity index (χ0) is 12.1. The highest BCUT2D eigenvalue weighted by Crippen LogP contribution is 2.24. The molecular formula is C13H23N3. The first-order chi connectivity index (χ1) is 7.61. The molecule has 0 aromatic carbocycles. The molecule has 1 aromatic rings. The standard InChI is InChI=1S/C13H23N3/c1-6-16(10(2)3)13-12(11(4)14-5)8-7-9-15-13/h7-11,14H,6H2,1-5H3. The predicted octanol–water partition coefficient (Wildman–Crippen LogP) is 2.60. The highest BCUT2D eigenvalue weighted by atomic mass is 15.2. The lowest BCUT2D eigenvalue weighted by Gasteiger charge is -2.29. The summed E-state index contributed by atoms with van der Waals surface area (Å²) in [6.45, 7) is 9.72. The van der Waals surface area contributed by atoms with Gasteiger partial charge in [0.25, 0.3) is 0 Å². The van der Waals surface area contributed by atoms with Crippen LogP contribution in [-0.4, -0.2) is 24.6 Å². The average molecular weight is 221 g/mol. The van der Waals surface area contributed by atoms with Crippen molar-refractivity contribution >= 4 is 5.82 Å². The topological polar surface area (TPSA) is 28.2 Å². The Morgan fingerprint density at radius 2 is 2.06 bits per heavy atom. The molecule has 1 rings (SSSR count). The van der Waals surface area contributed by atoms with Gasteiger partial charge in [0.05, 0.1) is 0 Å². The van der Waals surface area contributed by atoms with E-state index in [4.69, 9.17) is 0 Å². The quantitative estimate of drug-likeness (QED) is 0.828. The van der Waals surface area contributed by atoms with Crippen molar-refractivity contribution in [2.45, 2.75) is 39.8 Å². The van der Waals surface area contributed by atoms with Gasteiger partial charge in [0, 0.05) is 30.4 Å². The molecule has 0 aliphatic heterocycles. The molecule has 0 saturated carbocycles. The molecule has 0 radical (unpaired) electrons. The second-order valence-corrected chi connectivity index (χ2v) is 4.31. The van der Waals surface area contributed by atoms with Crippen molar-refractivity contribution in [2.75, 3.05) is 18.5 Å². The Morgan fingerprint density at radius 3 is 2.56 bits per heavy atom. The van der Waals surface area contributed by atoms with Crippen molar-refractivity contribution in [3.63, 3.8) is 0 Å². The van der Waals surface area contributed by atoms with E-state index in [9.17, 15) is 0 Å². The fourth-order valence-corrected chi connectivity index (χ4v) is 1.90. The molecule has 90 valence electrons. The highest BCUT2D eigenvalue weighted by molar-refractivity contribution is 5.48. The van der Waals surface area contributed by atoms with Gasteiger partial charge in [0.1, 0.15) is 5.82 Å². The third-order valence-corrected chi connectivity index (χ3v) is 2.95. The molecule has 0 saturated heterocycles. The predicted molar refractivity (Wildman–Crippen MR) is 69.9 cm³/mol. The van der Waals surface area contributed by atoms with Crippen molar-refractivity contribution in [2.24, 2.45) is 0 Å². The van der Waals surface area contributed by atoms with Crippen LogP contribution in [-0.2, 0) is 0 Å². The lowest BCUT2D eigenvalue weighted by atomic mass is 10.1. The van der Waals surface area contributed by atoms with Crippen molar-refractivity contribution in [3.05, 3.63) is 23.9 Å². The molecule has 1 heterocycles. The minimum Gasteiger partial charge on any atom is -0.354 e. The van der Waals surface area contributed by atoms with Crippen LogP contribution in [0.15, 0.2) is 18.3 Å². The van der Waals surface area contributed by atoms with Gasteiger partial charge < -0.3 is 10.2 Å². The van der Waals surface area contributed by atoms with Crippen LogP contribution in [0.3, 0.4) is 0 Å². The Morgan fingerprint density at radius 1 is 1.38 bits per heavy atom. The molecule has 0 aliphatic carbocycles. The summed E-state index contributed by atoms with van der Waals surface area (Å²) in [7, 11) is 1.98. The van der Waals surface area contributed by atoms with E-state index >= 15 is 0 Å². The zero-order valence-electron chi connectivity index (χ0n) is 11.0. The smallest absolute Gasteiger partial charge is 0.133 e. The molecule has 0 amide bonds. The summed E-state index contributed by atoms with van der Waals surface area (Å²) in [6, 6.07) is 4.95. The van der Waals surface area contributed by atoms with E-state index in [-0.39, 0.29) is 0 Å². The Kier molecular flexibility index (Phi) is 4.74. The van der Waals surface area contributed by atoms with E-state index in [2.05, 4.69) is 49.0 Å². The Bertz CT molecular complexity index is 323. The molecule has 0 aliphatic rings. The summed E-state index contributed by atoms with van der Waals surface area (Å²) in [5, 5.41) is 3.27. The molecular weight excluding hydrogens is 198 g/mol. The maximum atomic E-state index is 4.53. The van der Waals surface area contributed by atoms with Gasteiger partial charge in [-0.25, -0.2) is 4.98 Å². The van der Waals surface area contributed by atoms with Crippen LogP contribution < -0.4 is 10.2 Å². The van der Waals surface area contributed by atoms with E-state index in [0.29, 0.717) is 12.1 Å². The summed E-state index contributed by atoms with van der Waals surface area (Å²) in [5.74, 6) is 1.10. The van der Waals surface area contributed by atoms with E-state index in [1.54, 1.807) is 0 Å². The Balaban J connectivity index is 3.11. The first-order valence-corrected chi connectivity index (χ1v) is 6.00. The van der Waals surface area contributed by atoms with Gasteiger partial charge in [-0.05, 0) is 40.8 Å². The van der Waals surface area contributed by atoms with Crippen LogP contribution in [0.5, 0.6) is 0 Å². The van der Waals surface area contributed by atoms with Crippen LogP contribution in [0, 0.1) is 0 Å². The Labute approximate surface area is 98.9 Å². The molecule has 1 N–H and O–H groups in total. The van der Waals surface area contributed by atoms with Gasteiger partial charge in [-0.15, -0.1) is 0 Å². The molecule has 0 bridgehead atoms. The fraction of sp³-hybridized carbons (Fsp3) is 0.615. The molecule has 0 spiro atoms. The van der Waals surface area contributed by atoms with Gasteiger partial charge in [0.15, 0.2) is 0 Å². The van der Waals surface area contributed by atoms with Crippen molar-refractivity contribution < 1.29 is 0 Å². The molecule has 1 unspecified atom stereocenters. The summed E-state index contributed by atoms with van der Waals surface area (Å²) in [6.07, 6.45) is 1.87. The SMILES string of the molecule is CCN(c1ncccc1C(C)NC)C(C)C. The van der Waals surface area contributed by atoms with E-state index in [0.717, 1.165) is 12.4 Å². The lowest BCUT2D eigenvalue weighted by Crippen LogP contribution is -2.33. The highest BCUT2D eigenvalue weighted by Gasteiger charge is 2.16. The van der Waals surface area contributed by atoms with Gasteiger partial charge in [-0.2, -0.15) is 0 Å². The normalized spacial score (nSPS) is 12.9. The van der Waals surface area contributed by atoms with E-state index < -0.39 is 0 Å². The summed E-state index contributed by atoms with van der Waals surface area (Å²) in [5.41, 5.74) is 1.26. The van der Waals surface area contributed by atoms with Gasteiger partial charge >= 0.3 is 0 Å². The third kappa shape index (κ3) is 2.73. The molecule has 1 aromatic heterocycles. The maximum absolute atomic E-state index is 4.53. The monoisotopic (exact) mass is 221 g/mol. The van der Waals surface area contributed by atoms with Crippen LogP contribution in [0.2, 0.25) is 0 Å². The summed E-state index contributed by atoms with van der Waals surface area (Å²) in [4.78, 5) is 6.85. The molecule has 3 heteroatoms. The average Bonchev–Trinajstić information content (AvgIpc) is 2.29. The summed E-state index contributed by atoms with van der Waals surface area (Å²) < 4.78 is 0. The number of anilines is 1. The minimum atomic E-state index is 0.330. The Hall–Kier alpha value is -1.09. The van der Waals surface area contributed by atoms with Crippen LogP contribution >= 0.6 is 0 Å². The molecule has 1 atom stereocenters. The summed E-state index contributed by atoms with van der Waals surface area (Å²) >= 11 is 0. The number of hydrogen-bond donors (Lipinski definition) is 1. The van der Waals surface area contributed by atoms with Gasteiger partial charge in [-0.1, -0.05) is 6.07 Å². The van der Waals surface area contributed by atoms with Crippen molar-refractivity contribution in [1.82, 2.24) is 10.3 Å². The van der Waals surface area contributed by atoms with E-state index in [1.165, 1.54) is 5.56 Å². The van der Waals surface area contributed by atoms with E-state index in [1.807, 2.05) is 19.3 Å². The van der Waals surface area contributed by atoms with Gasteiger partial charge in [-0.3, -0.25) is 0 Å². The first-order valence-electron chi connectivity index (χ1n) is 6.00. The first kappa shape index (κ1) is 13.0.